The predicted molar refractivity (Wildman–Crippen MR) is 76.5 cm³/mol. The molecule has 0 fully saturated rings. The van der Waals surface area contributed by atoms with Crippen molar-refractivity contribution in [1.82, 2.24) is 15.2 Å². The van der Waals surface area contributed by atoms with Gasteiger partial charge in [0.1, 0.15) is 5.82 Å². The normalized spacial score (nSPS) is 10.1. The van der Waals surface area contributed by atoms with Crippen molar-refractivity contribution in [3.8, 4) is 0 Å². The van der Waals surface area contributed by atoms with Gasteiger partial charge in [-0.15, -0.1) is 12.4 Å². The van der Waals surface area contributed by atoms with Crippen LogP contribution in [-0.4, -0.2) is 21.1 Å². The number of halogens is 1. The molecular weight excluding hydrogens is 266 g/mol. The summed E-state index contributed by atoms with van der Waals surface area (Å²) in [6.45, 7) is 4.05. The molecule has 102 valence electrons. The Bertz CT molecular complexity index is 550. The molecule has 0 radical (unpaired) electrons. The Morgan fingerprint density at radius 1 is 1.42 bits per heavy atom. The number of nitrogens with one attached hydrogen (secondary N) is 2. The lowest BCUT2D eigenvalue weighted by Crippen LogP contribution is -2.12. The Balaban J connectivity index is 0.00000180. The SMILES string of the molecule is CC(C)c1cc(C(=O)Nc2ccc(N)nc2)n[nH]1.Cl. The quantitative estimate of drug-likeness (QED) is 0.803. The van der Waals surface area contributed by atoms with Crippen molar-refractivity contribution in [3.63, 3.8) is 0 Å². The highest BCUT2D eigenvalue weighted by atomic mass is 35.5. The topological polar surface area (TPSA) is 96.7 Å². The predicted octanol–water partition coefficient (Wildman–Crippen LogP) is 2.18. The van der Waals surface area contributed by atoms with Gasteiger partial charge in [-0.05, 0) is 24.1 Å². The van der Waals surface area contributed by atoms with Crippen LogP contribution in [0.2, 0.25) is 0 Å². The number of hydrogen-bond acceptors (Lipinski definition) is 4. The van der Waals surface area contributed by atoms with E-state index >= 15 is 0 Å². The maximum Gasteiger partial charge on any atom is 0.276 e. The summed E-state index contributed by atoms with van der Waals surface area (Å²) in [4.78, 5) is 15.8. The Labute approximate surface area is 117 Å². The van der Waals surface area contributed by atoms with Crippen LogP contribution in [0.1, 0.15) is 35.9 Å². The van der Waals surface area contributed by atoms with Gasteiger partial charge in [-0.3, -0.25) is 9.89 Å². The summed E-state index contributed by atoms with van der Waals surface area (Å²) in [6.07, 6.45) is 1.50. The van der Waals surface area contributed by atoms with E-state index in [0.717, 1.165) is 5.69 Å². The maximum absolute atomic E-state index is 11.9. The highest BCUT2D eigenvalue weighted by molar-refractivity contribution is 6.02. The molecule has 2 aromatic rings. The van der Waals surface area contributed by atoms with Crippen LogP contribution in [0.3, 0.4) is 0 Å². The standard InChI is InChI=1S/C12H15N5O.ClH/c1-7(2)9-5-10(17-16-9)12(18)15-8-3-4-11(13)14-6-8;/h3-7H,1-2H3,(H2,13,14)(H,15,18)(H,16,17);1H. The lowest BCUT2D eigenvalue weighted by molar-refractivity contribution is 0.102. The minimum atomic E-state index is -0.273. The molecule has 0 aliphatic heterocycles. The lowest BCUT2D eigenvalue weighted by Gasteiger charge is -2.02. The highest BCUT2D eigenvalue weighted by Gasteiger charge is 2.12. The fraction of sp³-hybridized carbons (Fsp3) is 0.250. The number of rotatable bonds is 3. The van der Waals surface area contributed by atoms with E-state index in [1.54, 1.807) is 18.2 Å². The van der Waals surface area contributed by atoms with Crippen LogP contribution in [0.25, 0.3) is 0 Å². The minimum Gasteiger partial charge on any atom is -0.384 e. The number of hydrogen-bond donors (Lipinski definition) is 3. The van der Waals surface area contributed by atoms with Gasteiger partial charge in [-0.1, -0.05) is 13.8 Å². The molecule has 4 N–H and O–H groups in total. The second kappa shape index (κ2) is 6.19. The average molecular weight is 282 g/mol. The van der Waals surface area contributed by atoms with Crippen molar-refractivity contribution >= 4 is 29.8 Å². The number of carbonyl (C=O) groups excluding carboxylic acids is 1. The van der Waals surface area contributed by atoms with Crippen LogP contribution in [0.5, 0.6) is 0 Å². The number of aromatic nitrogens is 3. The van der Waals surface area contributed by atoms with Crippen molar-refractivity contribution in [2.75, 3.05) is 11.1 Å². The van der Waals surface area contributed by atoms with Gasteiger partial charge >= 0.3 is 0 Å². The molecule has 0 bridgehead atoms. The summed E-state index contributed by atoms with van der Waals surface area (Å²) in [5.74, 6) is 0.442. The van der Waals surface area contributed by atoms with E-state index in [-0.39, 0.29) is 18.3 Å². The van der Waals surface area contributed by atoms with Crippen molar-refractivity contribution in [3.05, 3.63) is 35.8 Å². The van der Waals surface area contributed by atoms with Crippen molar-refractivity contribution in [2.24, 2.45) is 0 Å². The number of nitrogens with two attached hydrogens (primary N) is 1. The van der Waals surface area contributed by atoms with E-state index < -0.39 is 0 Å². The molecule has 0 aliphatic rings. The van der Waals surface area contributed by atoms with Gasteiger partial charge < -0.3 is 11.1 Å². The molecule has 2 rings (SSSR count). The number of amides is 1. The Hall–Kier alpha value is -2.08. The fourth-order valence-corrected chi connectivity index (χ4v) is 1.42. The summed E-state index contributed by atoms with van der Waals surface area (Å²) >= 11 is 0. The molecule has 1 amide bonds. The molecule has 7 heteroatoms. The molecule has 6 nitrogen and oxygen atoms in total. The van der Waals surface area contributed by atoms with Gasteiger partial charge in [0.2, 0.25) is 0 Å². The Kier molecular flexibility index (Phi) is 4.88. The zero-order valence-electron chi connectivity index (χ0n) is 10.7. The zero-order valence-corrected chi connectivity index (χ0v) is 11.5. The zero-order chi connectivity index (χ0) is 13.1. The fourth-order valence-electron chi connectivity index (χ4n) is 1.42. The average Bonchev–Trinajstić information content (AvgIpc) is 2.81. The number of carbonyl (C=O) groups is 1. The molecular formula is C12H16ClN5O. The molecule has 0 saturated heterocycles. The first-order valence-corrected chi connectivity index (χ1v) is 5.64. The molecule has 0 aliphatic carbocycles. The van der Waals surface area contributed by atoms with Crippen LogP contribution in [-0.2, 0) is 0 Å². The second-order valence-corrected chi connectivity index (χ2v) is 4.29. The van der Waals surface area contributed by atoms with Gasteiger partial charge in [0.05, 0.1) is 11.9 Å². The molecule has 0 spiro atoms. The summed E-state index contributed by atoms with van der Waals surface area (Å²) in [5, 5.41) is 9.50. The molecule has 2 aromatic heterocycles. The number of pyridine rings is 1. The largest absolute Gasteiger partial charge is 0.384 e. The lowest BCUT2D eigenvalue weighted by atomic mass is 10.1. The molecule has 0 unspecified atom stereocenters. The third kappa shape index (κ3) is 3.69. The van der Waals surface area contributed by atoms with Gasteiger partial charge in [0, 0.05) is 5.69 Å². The van der Waals surface area contributed by atoms with E-state index in [1.807, 2.05) is 13.8 Å². The van der Waals surface area contributed by atoms with Crippen LogP contribution >= 0.6 is 12.4 Å². The summed E-state index contributed by atoms with van der Waals surface area (Å²) in [7, 11) is 0. The first-order chi connectivity index (χ1) is 8.56. The maximum atomic E-state index is 11.9. The van der Waals surface area contributed by atoms with Crippen LogP contribution < -0.4 is 11.1 Å². The molecule has 19 heavy (non-hydrogen) atoms. The summed E-state index contributed by atoms with van der Waals surface area (Å²) < 4.78 is 0. The first-order valence-electron chi connectivity index (χ1n) is 5.64. The number of aromatic amines is 1. The number of H-pyrrole nitrogens is 1. The van der Waals surface area contributed by atoms with Gasteiger partial charge in [-0.25, -0.2) is 4.98 Å². The van der Waals surface area contributed by atoms with Crippen LogP contribution in [0.15, 0.2) is 24.4 Å². The molecule has 0 aromatic carbocycles. The van der Waals surface area contributed by atoms with Gasteiger partial charge in [0.15, 0.2) is 5.69 Å². The highest BCUT2D eigenvalue weighted by Crippen LogP contribution is 2.13. The first kappa shape index (κ1) is 15.0. The Morgan fingerprint density at radius 2 is 2.16 bits per heavy atom. The van der Waals surface area contributed by atoms with Crippen LogP contribution in [0, 0.1) is 0 Å². The van der Waals surface area contributed by atoms with E-state index in [2.05, 4.69) is 20.5 Å². The molecule has 0 atom stereocenters. The third-order valence-corrected chi connectivity index (χ3v) is 2.50. The number of nitrogens with zero attached hydrogens (tertiary/aromatic N) is 2. The van der Waals surface area contributed by atoms with Crippen LogP contribution in [0.4, 0.5) is 11.5 Å². The molecule has 0 saturated carbocycles. The summed E-state index contributed by atoms with van der Waals surface area (Å²) in [6, 6.07) is 5.06. The summed E-state index contributed by atoms with van der Waals surface area (Å²) in [5.41, 5.74) is 7.33. The number of nitrogen functional groups attached to an aromatic ring is 1. The van der Waals surface area contributed by atoms with Crippen molar-refractivity contribution in [1.29, 1.82) is 0 Å². The van der Waals surface area contributed by atoms with E-state index in [4.69, 9.17) is 5.73 Å². The van der Waals surface area contributed by atoms with Crippen molar-refractivity contribution in [2.45, 2.75) is 19.8 Å². The van der Waals surface area contributed by atoms with E-state index in [0.29, 0.717) is 23.1 Å². The third-order valence-electron chi connectivity index (χ3n) is 2.50. The number of anilines is 2. The monoisotopic (exact) mass is 281 g/mol. The Morgan fingerprint density at radius 3 is 2.68 bits per heavy atom. The second-order valence-electron chi connectivity index (χ2n) is 4.29. The van der Waals surface area contributed by atoms with Gasteiger partial charge in [-0.2, -0.15) is 5.10 Å². The van der Waals surface area contributed by atoms with E-state index in [9.17, 15) is 4.79 Å². The minimum absolute atomic E-state index is 0. The van der Waals surface area contributed by atoms with Crippen molar-refractivity contribution < 1.29 is 4.79 Å². The van der Waals surface area contributed by atoms with Gasteiger partial charge in [0.25, 0.3) is 5.91 Å². The van der Waals surface area contributed by atoms with E-state index in [1.165, 1.54) is 6.20 Å². The molecule has 2 heterocycles. The smallest absolute Gasteiger partial charge is 0.276 e.